The highest BCUT2D eigenvalue weighted by Gasteiger charge is 2.27. The van der Waals surface area contributed by atoms with E-state index in [1.165, 1.54) is 0 Å². The van der Waals surface area contributed by atoms with Crippen molar-refractivity contribution in [2.24, 2.45) is 5.92 Å². The van der Waals surface area contributed by atoms with E-state index >= 15 is 0 Å². The number of aryl methyl sites for hydroxylation is 1. The second-order valence-electron chi connectivity index (χ2n) is 4.88. The lowest BCUT2D eigenvalue weighted by atomic mass is 9.86. The molecule has 0 spiro atoms. The predicted octanol–water partition coefficient (Wildman–Crippen LogP) is 0.428. The van der Waals surface area contributed by atoms with E-state index in [1.54, 1.807) is 17.1 Å². The van der Waals surface area contributed by atoms with E-state index in [0.717, 1.165) is 12.8 Å². The van der Waals surface area contributed by atoms with Crippen LogP contribution in [0.25, 0.3) is 0 Å². The van der Waals surface area contributed by atoms with E-state index in [0.29, 0.717) is 25.8 Å². The molecule has 104 valence electrons. The Balaban J connectivity index is 1.74. The highest BCUT2D eigenvalue weighted by atomic mass is 16.4. The summed E-state index contributed by atoms with van der Waals surface area (Å²) in [7, 11) is 0. The number of carbonyl (C=O) groups excluding carboxylic acids is 1. The first kappa shape index (κ1) is 13.5. The number of carboxylic acid groups (broad SMARTS) is 1. The fourth-order valence-electron chi connectivity index (χ4n) is 2.41. The van der Waals surface area contributed by atoms with Gasteiger partial charge in [-0.1, -0.05) is 11.6 Å². The predicted molar refractivity (Wildman–Crippen MR) is 66.2 cm³/mol. The lowest BCUT2D eigenvalue weighted by Crippen LogP contribution is -2.40. The quantitative estimate of drug-likeness (QED) is 0.805. The van der Waals surface area contributed by atoms with Crippen molar-refractivity contribution in [3.63, 3.8) is 0 Å². The lowest BCUT2D eigenvalue weighted by Gasteiger charge is -2.27. The number of aromatic nitrogens is 3. The fraction of sp³-hybridized carbons (Fsp3) is 0.667. The minimum Gasteiger partial charge on any atom is -0.481 e. The Morgan fingerprint density at radius 3 is 2.95 bits per heavy atom. The molecular formula is C12H18N4O3. The topological polar surface area (TPSA) is 97.1 Å². The zero-order valence-corrected chi connectivity index (χ0v) is 10.7. The van der Waals surface area contributed by atoms with Crippen LogP contribution in [0, 0.1) is 5.92 Å². The van der Waals surface area contributed by atoms with Gasteiger partial charge < -0.3 is 10.4 Å². The second-order valence-corrected chi connectivity index (χ2v) is 4.88. The van der Waals surface area contributed by atoms with E-state index < -0.39 is 5.97 Å². The van der Waals surface area contributed by atoms with E-state index in [4.69, 9.17) is 5.11 Å². The normalized spacial score (nSPS) is 22.9. The van der Waals surface area contributed by atoms with Crippen LogP contribution in [-0.2, 0) is 16.1 Å². The molecule has 7 nitrogen and oxygen atoms in total. The molecule has 19 heavy (non-hydrogen) atoms. The van der Waals surface area contributed by atoms with Crippen LogP contribution in [0.2, 0.25) is 0 Å². The molecule has 0 aromatic carbocycles. The molecule has 1 heterocycles. The molecule has 1 aliphatic carbocycles. The van der Waals surface area contributed by atoms with Gasteiger partial charge in [0, 0.05) is 18.7 Å². The average Bonchev–Trinajstić information content (AvgIpc) is 2.90. The molecule has 0 bridgehead atoms. The first-order valence-electron chi connectivity index (χ1n) is 6.51. The molecular weight excluding hydrogens is 248 g/mol. The van der Waals surface area contributed by atoms with Gasteiger partial charge in [-0.3, -0.25) is 14.3 Å². The summed E-state index contributed by atoms with van der Waals surface area (Å²) in [5.41, 5.74) is 0. The summed E-state index contributed by atoms with van der Waals surface area (Å²) in [6.45, 7) is 0.487. The first-order chi connectivity index (χ1) is 9.15. The number of hydrogen-bond donors (Lipinski definition) is 2. The third kappa shape index (κ3) is 4.04. The zero-order valence-electron chi connectivity index (χ0n) is 10.7. The van der Waals surface area contributed by atoms with Gasteiger partial charge >= 0.3 is 5.97 Å². The molecule has 2 N–H and O–H groups in total. The lowest BCUT2D eigenvalue weighted by molar-refractivity contribution is -0.143. The summed E-state index contributed by atoms with van der Waals surface area (Å²) < 4.78 is 1.60. The highest BCUT2D eigenvalue weighted by molar-refractivity contribution is 5.76. The summed E-state index contributed by atoms with van der Waals surface area (Å²) in [6, 6.07) is -0.0157. The van der Waals surface area contributed by atoms with E-state index in [9.17, 15) is 9.59 Å². The Hall–Kier alpha value is -1.92. The van der Waals surface area contributed by atoms with Crippen molar-refractivity contribution < 1.29 is 14.7 Å². The number of hydrogen-bond acceptors (Lipinski definition) is 4. The third-order valence-corrected chi connectivity index (χ3v) is 3.43. The van der Waals surface area contributed by atoms with Crippen LogP contribution < -0.4 is 5.32 Å². The van der Waals surface area contributed by atoms with Crippen molar-refractivity contribution in [2.45, 2.75) is 44.7 Å². The molecule has 2 unspecified atom stereocenters. The van der Waals surface area contributed by atoms with Gasteiger partial charge in [0.25, 0.3) is 0 Å². The SMILES string of the molecule is O=C(CCn1ccnn1)NC1CCCC(C(=O)O)C1. The van der Waals surface area contributed by atoms with E-state index in [1.807, 2.05) is 0 Å². The molecule has 1 fully saturated rings. The van der Waals surface area contributed by atoms with Gasteiger partial charge in [-0.25, -0.2) is 0 Å². The minimum absolute atomic E-state index is 0.0157. The van der Waals surface area contributed by atoms with Gasteiger partial charge in [0.05, 0.1) is 18.7 Å². The first-order valence-corrected chi connectivity index (χ1v) is 6.51. The van der Waals surface area contributed by atoms with Gasteiger partial charge in [0.1, 0.15) is 0 Å². The van der Waals surface area contributed by atoms with Crippen LogP contribution in [0.15, 0.2) is 12.4 Å². The number of aliphatic carboxylic acids is 1. The standard InChI is InChI=1S/C12H18N4O3/c17-11(4-6-16-7-5-13-15-16)14-10-3-1-2-9(8-10)12(18)19/h5,7,9-10H,1-4,6,8H2,(H,14,17)(H,18,19). The van der Waals surface area contributed by atoms with Crippen LogP contribution in [0.5, 0.6) is 0 Å². The maximum absolute atomic E-state index is 11.8. The molecule has 1 saturated carbocycles. The van der Waals surface area contributed by atoms with Crippen molar-refractivity contribution >= 4 is 11.9 Å². The van der Waals surface area contributed by atoms with Gasteiger partial charge in [-0.15, -0.1) is 5.10 Å². The van der Waals surface area contributed by atoms with Gasteiger partial charge in [-0.05, 0) is 19.3 Å². The van der Waals surface area contributed by atoms with Crippen LogP contribution in [0.4, 0.5) is 0 Å². The monoisotopic (exact) mass is 266 g/mol. The summed E-state index contributed by atoms with van der Waals surface area (Å²) in [6.07, 6.45) is 6.55. The Labute approximate surface area is 111 Å². The molecule has 7 heteroatoms. The molecule has 1 aromatic heterocycles. The Kier molecular flexibility index (Phi) is 4.48. The maximum atomic E-state index is 11.8. The summed E-state index contributed by atoms with van der Waals surface area (Å²) in [4.78, 5) is 22.7. The summed E-state index contributed by atoms with van der Waals surface area (Å²) >= 11 is 0. The Morgan fingerprint density at radius 2 is 2.26 bits per heavy atom. The molecule has 0 aliphatic heterocycles. The van der Waals surface area contributed by atoms with E-state index in [-0.39, 0.29) is 17.9 Å². The zero-order chi connectivity index (χ0) is 13.7. The van der Waals surface area contributed by atoms with Crippen LogP contribution >= 0.6 is 0 Å². The molecule has 2 atom stereocenters. The van der Waals surface area contributed by atoms with Crippen LogP contribution in [0.1, 0.15) is 32.1 Å². The van der Waals surface area contributed by atoms with Crippen molar-refractivity contribution in [1.29, 1.82) is 0 Å². The number of amides is 1. The summed E-state index contributed by atoms with van der Waals surface area (Å²) in [5, 5.41) is 19.3. The molecule has 1 aliphatic rings. The number of rotatable bonds is 5. The third-order valence-electron chi connectivity index (χ3n) is 3.43. The minimum atomic E-state index is -0.762. The average molecular weight is 266 g/mol. The van der Waals surface area contributed by atoms with Crippen molar-refractivity contribution in [3.8, 4) is 0 Å². The number of carboxylic acids is 1. The van der Waals surface area contributed by atoms with Crippen molar-refractivity contribution in [3.05, 3.63) is 12.4 Å². The number of nitrogens with zero attached hydrogens (tertiary/aromatic N) is 3. The van der Waals surface area contributed by atoms with Crippen LogP contribution in [0.3, 0.4) is 0 Å². The fourth-order valence-corrected chi connectivity index (χ4v) is 2.41. The molecule has 0 radical (unpaired) electrons. The smallest absolute Gasteiger partial charge is 0.306 e. The van der Waals surface area contributed by atoms with Gasteiger partial charge in [-0.2, -0.15) is 0 Å². The van der Waals surface area contributed by atoms with Gasteiger partial charge in [0.2, 0.25) is 5.91 Å². The van der Waals surface area contributed by atoms with Crippen molar-refractivity contribution in [1.82, 2.24) is 20.3 Å². The van der Waals surface area contributed by atoms with Crippen molar-refractivity contribution in [2.75, 3.05) is 0 Å². The summed E-state index contributed by atoms with van der Waals surface area (Å²) in [5.74, 6) is -1.15. The highest BCUT2D eigenvalue weighted by Crippen LogP contribution is 2.24. The molecule has 2 rings (SSSR count). The molecule has 1 aromatic rings. The Morgan fingerprint density at radius 1 is 1.42 bits per heavy atom. The van der Waals surface area contributed by atoms with E-state index in [2.05, 4.69) is 15.6 Å². The number of carbonyl (C=O) groups is 2. The van der Waals surface area contributed by atoms with Crippen LogP contribution in [-0.4, -0.2) is 38.0 Å². The molecule has 0 saturated heterocycles. The largest absolute Gasteiger partial charge is 0.481 e. The Bertz CT molecular complexity index is 432. The second kappa shape index (κ2) is 6.31. The number of nitrogens with one attached hydrogen (secondary N) is 1. The van der Waals surface area contributed by atoms with Gasteiger partial charge in [0.15, 0.2) is 0 Å². The maximum Gasteiger partial charge on any atom is 0.306 e. The molecule has 1 amide bonds.